The maximum Gasteiger partial charge on any atom is 0.209 e. The molecule has 90 valence electrons. The fraction of sp³-hybridized carbons (Fsp3) is 1.00. The second-order valence-corrected chi connectivity index (χ2v) is 6.13. The first-order chi connectivity index (χ1) is 6.88. The van der Waals surface area contributed by atoms with Crippen molar-refractivity contribution in [3.8, 4) is 0 Å². The van der Waals surface area contributed by atoms with Crippen LogP contribution in [0.25, 0.3) is 0 Å². The summed E-state index contributed by atoms with van der Waals surface area (Å²) in [7, 11) is -1.18. The molecule has 3 N–H and O–H groups in total. The molecule has 1 aliphatic heterocycles. The molecule has 6 heteroatoms. The summed E-state index contributed by atoms with van der Waals surface area (Å²) in [4.78, 5) is 2.30. The number of hydrogen-bond acceptors (Lipinski definition) is 4. The molecule has 1 aliphatic rings. The number of nitrogens with one attached hydrogen (secondary N) is 1. The van der Waals surface area contributed by atoms with Gasteiger partial charge in [0.2, 0.25) is 10.0 Å². The number of nitrogens with zero attached hydrogens (tertiary/aromatic N) is 1. The van der Waals surface area contributed by atoms with Gasteiger partial charge in [0, 0.05) is 18.6 Å². The Kier molecular flexibility index (Phi) is 4.51. The monoisotopic (exact) mass is 235 g/mol. The van der Waals surface area contributed by atoms with Crippen LogP contribution in [0.2, 0.25) is 0 Å². The van der Waals surface area contributed by atoms with E-state index >= 15 is 0 Å². The lowest BCUT2D eigenvalue weighted by molar-refractivity contribution is 0.327. The maximum atomic E-state index is 10.7. The molecule has 0 aromatic heterocycles. The molecule has 0 amide bonds. The van der Waals surface area contributed by atoms with Crippen LogP contribution >= 0.6 is 0 Å². The predicted octanol–water partition coefficient (Wildman–Crippen LogP) is -0.653. The number of likely N-dealkylation sites (N-methyl/N-ethyl adjacent to an activating group) is 1. The van der Waals surface area contributed by atoms with Gasteiger partial charge in [-0.05, 0) is 33.4 Å². The summed E-state index contributed by atoms with van der Waals surface area (Å²) in [6.07, 6.45) is 1.72. The van der Waals surface area contributed by atoms with Crippen molar-refractivity contribution in [2.24, 2.45) is 5.14 Å². The highest BCUT2D eigenvalue weighted by Crippen LogP contribution is 2.14. The zero-order chi connectivity index (χ0) is 11.5. The van der Waals surface area contributed by atoms with Crippen LogP contribution in [0, 0.1) is 0 Å². The molecule has 0 radical (unpaired) electrons. The Bertz CT molecular complexity index is 282. The van der Waals surface area contributed by atoms with Crippen LogP contribution in [0.5, 0.6) is 0 Å². The van der Waals surface area contributed by atoms with Crippen molar-refractivity contribution >= 4 is 10.0 Å². The first-order valence-electron chi connectivity index (χ1n) is 5.32. The molecular formula is C9H21N3O2S. The summed E-state index contributed by atoms with van der Waals surface area (Å²) in [5.41, 5.74) is 0. The third-order valence-electron chi connectivity index (χ3n) is 2.93. The highest BCUT2D eigenvalue weighted by Gasteiger charge is 2.25. The average Bonchev–Trinajstić information content (AvgIpc) is 2.39. The Morgan fingerprint density at radius 2 is 2.20 bits per heavy atom. The van der Waals surface area contributed by atoms with Crippen LogP contribution in [-0.4, -0.2) is 51.3 Å². The third kappa shape index (κ3) is 4.92. The molecule has 2 atom stereocenters. The van der Waals surface area contributed by atoms with Gasteiger partial charge in [-0.25, -0.2) is 13.6 Å². The van der Waals surface area contributed by atoms with Crippen molar-refractivity contribution in [1.29, 1.82) is 0 Å². The van der Waals surface area contributed by atoms with E-state index in [1.807, 2.05) is 0 Å². The van der Waals surface area contributed by atoms with Gasteiger partial charge >= 0.3 is 0 Å². The van der Waals surface area contributed by atoms with Crippen LogP contribution in [-0.2, 0) is 10.0 Å². The molecule has 0 bridgehead atoms. The van der Waals surface area contributed by atoms with Crippen molar-refractivity contribution in [2.75, 3.05) is 25.9 Å². The molecule has 2 unspecified atom stereocenters. The molecule has 1 fully saturated rings. The Labute approximate surface area is 92.1 Å². The van der Waals surface area contributed by atoms with Crippen molar-refractivity contribution in [3.63, 3.8) is 0 Å². The molecule has 1 saturated heterocycles. The minimum absolute atomic E-state index is 0.0676. The average molecular weight is 235 g/mol. The minimum Gasteiger partial charge on any atom is -0.313 e. The summed E-state index contributed by atoms with van der Waals surface area (Å²) in [5, 5.41) is 8.26. The Morgan fingerprint density at radius 3 is 2.67 bits per heavy atom. The fourth-order valence-electron chi connectivity index (χ4n) is 1.92. The maximum absolute atomic E-state index is 10.7. The van der Waals surface area contributed by atoms with E-state index in [-0.39, 0.29) is 5.75 Å². The lowest BCUT2D eigenvalue weighted by Crippen LogP contribution is -2.33. The minimum atomic E-state index is -3.29. The topological polar surface area (TPSA) is 75.4 Å². The van der Waals surface area contributed by atoms with Gasteiger partial charge < -0.3 is 10.2 Å². The molecule has 0 saturated carbocycles. The van der Waals surface area contributed by atoms with E-state index < -0.39 is 10.0 Å². The van der Waals surface area contributed by atoms with Gasteiger partial charge in [-0.15, -0.1) is 0 Å². The molecule has 0 aromatic rings. The zero-order valence-corrected chi connectivity index (χ0v) is 10.3. The summed E-state index contributed by atoms with van der Waals surface area (Å²) in [5.74, 6) is 0.0676. The quantitative estimate of drug-likeness (QED) is 0.621. The lowest BCUT2D eigenvalue weighted by atomic mass is 10.2. The Balaban J connectivity index is 2.12. The molecular weight excluding hydrogens is 214 g/mol. The van der Waals surface area contributed by atoms with E-state index in [4.69, 9.17) is 5.14 Å². The molecule has 5 nitrogen and oxygen atoms in total. The van der Waals surface area contributed by atoms with Crippen molar-refractivity contribution in [2.45, 2.75) is 31.8 Å². The van der Waals surface area contributed by atoms with Gasteiger partial charge in [-0.3, -0.25) is 0 Å². The summed E-state index contributed by atoms with van der Waals surface area (Å²) in [6, 6.07) is 1.10. The number of likely N-dealkylation sites (tertiary alicyclic amines) is 1. The molecule has 0 aliphatic carbocycles. The van der Waals surface area contributed by atoms with Gasteiger partial charge in [-0.1, -0.05) is 0 Å². The number of sulfonamides is 1. The number of hydrogen-bond donors (Lipinski definition) is 2. The number of rotatable bonds is 5. The van der Waals surface area contributed by atoms with Gasteiger partial charge in [0.25, 0.3) is 0 Å². The summed E-state index contributed by atoms with van der Waals surface area (Å²) < 4.78 is 21.3. The van der Waals surface area contributed by atoms with Gasteiger partial charge in [0.1, 0.15) is 0 Å². The van der Waals surface area contributed by atoms with Crippen LogP contribution in [0.15, 0.2) is 0 Å². The van der Waals surface area contributed by atoms with Crippen LogP contribution in [0.1, 0.15) is 19.8 Å². The fourth-order valence-corrected chi connectivity index (χ4v) is 2.47. The zero-order valence-electron chi connectivity index (χ0n) is 9.44. The third-order valence-corrected chi connectivity index (χ3v) is 3.78. The number of primary sulfonamides is 1. The largest absolute Gasteiger partial charge is 0.313 e. The van der Waals surface area contributed by atoms with Crippen LogP contribution < -0.4 is 10.5 Å². The summed E-state index contributed by atoms with van der Waals surface area (Å²) >= 11 is 0. The van der Waals surface area contributed by atoms with Crippen LogP contribution in [0.4, 0.5) is 0 Å². The van der Waals surface area contributed by atoms with E-state index in [9.17, 15) is 8.42 Å². The highest BCUT2D eigenvalue weighted by atomic mass is 32.2. The van der Waals surface area contributed by atoms with Crippen molar-refractivity contribution in [3.05, 3.63) is 0 Å². The standard InChI is InChI=1S/C9H21N3O2S/c1-8-6-9(7-12(8)2)11-4-3-5-15(10,13)14/h8-9,11H,3-7H2,1-2H3,(H2,10,13,14). The molecule has 15 heavy (non-hydrogen) atoms. The number of nitrogens with two attached hydrogens (primary N) is 1. The molecule has 1 rings (SSSR count). The van der Waals surface area contributed by atoms with Gasteiger partial charge in [-0.2, -0.15) is 0 Å². The first-order valence-corrected chi connectivity index (χ1v) is 7.04. The van der Waals surface area contributed by atoms with E-state index in [1.165, 1.54) is 0 Å². The second kappa shape index (κ2) is 5.25. The second-order valence-electron chi connectivity index (χ2n) is 4.40. The molecule has 1 heterocycles. The van der Waals surface area contributed by atoms with E-state index in [0.29, 0.717) is 18.5 Å². The van der Waals surface area contributed by atoms with Gasteiger partial charge in [0.05, 0.1) is 5.75 Å². The SMILES string of the molecule is CC1CC(NCCCS(N)(=O)=O)CN1C. The first kappa shape index (κ1) is 12.9. The lowest BCUT2D eigenvalue weighted by Gasteiger charge is -2.13. The normalized spacial score (nSPS) is 28.5. The van der Waals surface area contributed by atoms with Gasteiger partial charge in [0.15, 0.2) is 0 Å². The van der Waals surface area contributed by atoms with E-state index in [1.54, 1.807) is 0 Å². The highest BCUT2D eigenvalue weighted by molar-refractivity contribution is 7.89. The Morgan fingerprint density at radius 1 is 1.53 bits per heavy atom. The van der Waals surface area contributed by atoms with Crippen molar-refractivity contribution < 1.29 is 8.42 Å². The Hall–Kier alpha value is -0.170. The smallest absolute Gasteiger partial charge is 0.209 e. The molecule has 0 spiro atoms. The van der Waals surface area contributed by atoms with Crippen LogP contribution in [0.3, 0.4) is 0 Å². The predicted molar refractivity (Wildman–Crippen MR) is 61.1 cm³/mol. The summed E-state index contributed by atoms with van der Waals surface area (Å²) in [6.45, 7) is 3.96. The molecule has 0 aromatic carbocycles. The van der Waals surface area contributed by atoms with E-state index in [0.717, 1.165) is 19.5 Å². The van der Waals surface area contributed by atoms with E-state index in [2.05, 4.69) is 24.2 Å². The van der Waals surface area contributed by atoms with Crippen molar-refractivity contribution in [1.82, 2.24) is 10.2 Å².